The molecule has 0 aliphatic heterocycles. The van der Waals surface area contributed by atoms with Crippen LogP contribution >= 0.6 is 0 Å². The smallest absolute Gasteiger partial charge is 0.547 e. The molecule has 0 spiro atoms. The molecule has 0 bridgehead atoms. The maximum atomic E-state index is 10.1. The Morgan fingerprint density at radius 2 is 1.60 bits per heavy atom. The molecule has 1 N–H and O–H groups in total. The van der Waals surface area contributed by atoms with Gasteiger partial charge in [0.15, 0.2) is 0 Å². The van der Waals surface area contributed by atoms with Gasteiger partial charge in [-0.25, -0.2) is 0 Å². The molecule has 0 amide bonds. The van der Waals surface area contributed by atoms with Crippen molar-refractivity contribution < 1.29 is 66.4 Å². The molecule has 0 saturated carbocycles. The zero-order valence-electron chi connectivity index (χ0n) is 10.00. The number of aliphatic hydroxyl groups is 1. The van der Waals surface area contributed by atoms with Crippen LogP contribution in [0.2, 0.25) is 0 Å². The van der Waals surface area contributed by atoms with Crippen LogP contribution in [-0.4, -0.2) is 17.2 Å². The molecule has 15 heavy (non-hydrogen) atoms. The van der Waals surface area contributed by atoms with Gasteiger partial charge >= 0.3 is 51.4 Å². The number of aliphatic hydroxyl groups excluding tert-OH is 1. The second-order valence-electron chi connectivity index (χ2n) is 3.74. The van der Waals surface area contributed by atoms with Gasteiger partial charge in [-0.05, 0) is 6.42 Å². The monoisotopic (exact) mass is 240 g/mol. The van der Waals surface area contributed by atoms with Crippen molar-refractivity contribution in [2.75, 3.05) is 0 Å². The summed E-state index contributed by atoms with van der Waals surface area (Å²) in [6, 6.07) is 0. The molecule has 1 atom stereocenters. The number of hydrogen-bond donors (Lipinski definition) is 1. The summed E-state index contributed by atoms with van der Waals surface area (Å²) in [6.07, 6.45) is 6.98. The number of unbranched alkanes of at least 4 members (excludes halogenated alkanes) is 6. The van der Waals surface area contributed by atoms with E-state index in [2.05, 4.69) is 6.92 Å². The second-order valence-corrected chi connectivity index (χ2v) is 3.74. The molecule has 0 fully saturated rings. The molecule has 4 heteroatoms. The minimum absolute atomic E-state index is 0. The van der Waals surface area contributed by atoms with Gasteiger partial charge in [0, 0.05) is 0 Å². The summed E-state index contributed by atoms with van der Waals surface area (Å²) in [7, 11) is 0. The van der Waals surface area contributed by atoms with E-state index in [9.17, 15) is 9.90 Å². The first kappa shape index (κ1) is 18.4. The summed E-state index contributed by atoms with van der Waals surface area (Å²) in [5.74, 6) is -1.35. The fourth-order valence-corrected chi connectivity index (χ4v) is 1.41. The Kier molecular flexibility index (Phi) is 16.1. The van der Waals surface area contributed by atoms with Crippen LogP contribution in [0.25, 0.3) is 0 Å². The molecular weight excluding hydrogens is 219 g/mol. The predicted molar refractivity (Wildman–Crippen MR) is 53.6 cm³/mol. The van der Waals surface area contributed by atoms with Crippen molar-refractivity contribution in [3.63, 3.8) is 0 Å². The van der Waals surface area contributed by atoms with Gasteiger partial charge in [0.25, 0.3) is 0 Å². The zero-order chi connectivity index (χ0) is 10.8. The Labute approximate surface area is 135 Å². The van der Waals surface area contributed by atoms with Crippen LogP contribution in [0.15, 0.2) is 0 Å². The standard InChI is InChI=1S/C11H22O3.K/c1-2-3-4-5-6-7-8-9-10(12)11(13)14;/h10,12H,2-9H2,1H3,(H,13,14);/q;+1/p-1. The zero-order valence-corrected chi connectivity index (χ0v) is 13.1. The summed E-state index contributed by atoms with van der Waals surface area (Å²) >= 11 is 0. The predicted octanol–water partition coefficient (Wildman–Crippen LogP) is -1.76. The molecular formula is C11H21KO3. The quantitative estimate of drug-likeness (QED) is 0.384. The van der Waals surface area contributed by atoms with E-state index in [1.165, 1.54) is 25.7 Å². The van der Waals surface area contributed by atoms with Gasteiger partial charge in [-0.2, -0.15) is 0 Å². The van der Waals surface area contributed by atoms with Crippen LogP contribution < -0.4 is 56.5 Å². The van der Waals surface area contributed by atoms with E-state index >= 15 is 0 Å². The number of hydrogen-bond acceptors (Lipinski definition) is 3. The Hall–Kier alpha value is 1.07. The Balaban J connectivity index is 0. The second kappa shape index (κ2) is 13.1. The number of carbonyl (C=O) groups is 1. The van der Waals surface area contributed by atoms with E-state index < -0.39 is 12.1 Å². The third kappa shape index (κ3) is 13.0. The van der Waals surface area contributed by atoms with Gasteiger partial charge < -0.3 is 15.0 Å². The first-order valence-corrected chi connectivity index (χ1v) is 5.57. The van der Waals surface area contributed by atoms with E-state index in [4.69, 9.17) is 5.11 Å². The van der Waals surface area contributed by atoms with Gasteiger partial charge in [-0.3, -0.25) is 0 Å². The number of carboxylic acids is 1. The third-order valence-corrected chi connectivity index (χ3v) is 2.35. The minimum Gasteiger partial charge on any atom is -0.547 e. The largest absolute Gasteiger partial charge is 1.00 e. The van der Waals surface area contributed by atoms with Gasteiger partial charge in [0.05, 0.1) is 12.1 Å². The fraction of sp³-hybridized carbons (Fsp3) is 0.909. The van der Waals surface area contributed by atoms with Gasteiger partial charge in [0.2, 0.25) is 0 Å². The Morgan fingerprint density at radius 3 is 2.07 bits per heavy atom. The molecule has 0 heterocycles. The van der Waals surface area contributed by atoms with Crippen molar-refractivity contribution in [1.82, 2.24) is 0 Å². The van der Waals surface area contributed by atoms with E-state index in [1.54, 1.807) is 0 Å². The molecule has 0 aromatic heterocycles. The SMILES string of the molecule is CCCCCCCCCC(O)C(=O)[O-].[K+]. The molecule has 0 aliphatic rings. The fourth-order valence-electron chi connectivity index (χ4n) is 1.41. The van der Waals surface area contributed by atoms with Gasteiger partial charge in [-0.1, -0.05) is 51.9 Å². The summed E-state index contributed by atoms with van der Waals surface area (Å²) in [6.45, 7) is 2.18. The third-order valence-electron chi connectivity index (χ3n) is 2.35. The van der Waals surface area contributed by atoms with Gasteiger partial charge in [-0.15, -0.1) is 0 Å². The Bertz CT molecular complexity index is 151. The van der Waals surface area contributed by atoms with Crippen LogP contribution in [0.5, 0.6) is 0 Å². The van der Waals surface area contributed by atoms with Crippen LogP contribution in [-0.2, 0) is 4.79 Å². The van der Waals surface area contributed by atoms with Crippen LogP contribution in [0, 0.1) is 0 Å². The molecule has 0 aromatic rings. The van der Waals surface area contributed by atoms with Crippen molar-refractivity contribution >= 4 is 5.97 Å². The molecule has 3 nitrogen and oxygen atoms in total. The Morgan fingerprint density at radius 1 is 1.13 bits per heavy atom. The van der Waals surface area contributed by atoms with Crippen LogP contribution in [0.1, 0.15) is 58.3 Å². The normalized spacial score (nSPS) is 11.9. The number of carbonyl (C=O) groups excluding carboxylic acids is 1. The molecule has 84 valence electrons. The van der Waals surface area contributed by atoms with Crippen molar-refractivity contribution in [2.24, 2.45) is 0 Å². The van der Waals surface area contributed by atoms with Crippen LogP contribution in [0.3, 0.4) is 0 Å². The van der Waals surface area contributed by atoms with E-state index in [-0.39, 0.29) is 51.4 Å². The maximum absolute atomic E-state index is 10.1. The summed E-state index contributed by atoms with van der Waals surface area (Å²) in [5, 5.41) is 19.0. The summed E-state index contributed by atoms with van der Waals surface area (Å²) < 4.78 is 0. The van der Waals surface area contributed by atoms with E-state index in [0.29, 0.717) is 6.42 Å². The summed E-state index contributed by atoms with van der Waals surface area (Å²) in [4.78, 5) is 10.1. The van der Waals surface area contributed by atoms with Crippen molar-refractivity contribution in [3.05, 3.63) is 0 Å². The van der Waals surface area contributed by atoms with Crippen molar-refractivity contribution in [2.45, 2.75) is 64.4 Å². The average Bonchev–Trinajstić information content (AvgIpc) is 2.16. The van der Waals surface area contributed by atoms with Gasteiger partial charge in [0.1, 0.15) is 0 Å². The first-order chi connectivity index (χ1) is 6.68. The number of aliphatic carboxylic acids is 1. The van der Waals surface area contributed by atoms with Crippen molar-refractivity contribution in [3.8, 4) is 0 Å². The molecule has 0 aliphatic carbocycles. The van der Waals surface area contributed by atoms with Crippen LogP contribution in [0.4, 0.5) is 0 Å². The molecule has 0 aromatic carbocycles. The molecule has 0 radical (unpaired) electrons. The average molecular weight is 240 g/mol. The molecule has 0 rings (SSSR count). The topological polar surface area (TPSA) is 60.4 Å². The number of carboxylic acid groups (broad SMARTS) is 1. The molecule has 0 saturated heterocycles. The van der Waals surface area contributed by atoms with Crippen molar-refractivity contribution in [1.29, 1.82) is 0 Å². The number of rotatable bonds is 9. The maximum Gasteiger partial charge on any atom is 1.00 e. The van der Waals surface area contributed by atoms with E-state index in [1.807, 2.05) is 0 Å². The van der Waals surface area contributed by atoms with E-state index in [0.717, 1.165) is 19.3 Å². The summed E-state index contributed by atoms with van der Waals surface area (Å²) in [5.41, 5.74) is 0. The molecule has 1 unspecified atom stereocenters. The first-order valence-electron chi connectivity index (χ1n) is 5.57. The minimum atomic E-state index is -1.35.